The van der Waals surface area contributed by atoms with E-state index in [4.69, 9.17) is 43.2 Å². The molecule has 1 aromatic rings. The van der Waals surface area contributed by atoms with Gasteiger partial charge in [-0.1, -0.05) is 85.6 Å². The highest BCUT2D eigenvalue weighted by atomic mass is 16.5. The molecule has 11 nitrogen and oxygen atoms in total. The molecule has 67 heavy (non-hydrogen) atoms. The number of oxazole rings is 1. The van der Waals surface area contributed by atoms with E-state index < -0.39 is 6.10 Å². The summed E-state index contributed by atoms with van der Waals surface area (Å²) in [4.78, 5) is 20.6. The van der Waals surface area contributed by atoms with Crippen LogP contribution in [0.3, 0.4) is 0 Å². The van der Waals surface area contributed by atoms with Crippen LogP contribution in [0, 0.1) is 5.92 Å². The van der Waals surface area contributed by atoms with Crippen LogP contribution in [0.25, 0.3) is 6.08 Å². The molecular formula is C56H88N2O9. The molecule has 0 spiro atoms. The van der Waals surface area contributed by atoms with Crippen LogP contribution in [-0.2, 0) is 34.9 Å². The second kappa shape index (κ2) is 36.1. The molecule has 0 aliphatic carbocycles. The number of hydrogen-bond donors (Lipinski definition) is 2. The van der Waals surface area contributed by atoms with Crippen molar-refractivity contribution in [3.63, 3.8) is 0 Å². The van der Waals surface area contributed by atoms with Gasteiger partial charge in [-0.2, -0.15) is 0 Å². The highest BCUT2D eigenvalue weighted by molar-refractivity contribution is 5.87. The number of ether oxygens (including phenoxy) is 5. The van der Waals surface area contributed by atoms with Gasteiger partial charge in [-0.05, 0) is 135 Å². The minimum Gasteiger partial charge on any atom is -0.502 e. The van der Waals surface area contributed by atoms with Gasteiger partial charge in [0.05, 0.1) is 50.2 Å². The Bertz CT molecular complexity index is 1770. The van der Waals surface area contributed by atoms with Crippen molar-refractivity contribution in [2.75, 3.05) is 28.4 Å². The average Bonchev–Trinajstić information content (AvgIpc) is 3.74. The van der Waals surface area contributed by atoms with E-state index in [1.54, 1.807) is 46.9 Å². The Morgan fingerprint density at radius 3 is 2.49 bits per heavy atom. The smallest absolute Gasteiger partial charge is 0.197 e. The van der Waals surface area contributed by atoms with Crippen molar-refractivity contribution in [3.8, 4) is 0 Å². The van der Waals surface area contributed by atoms with Crippen molar-refractivity contribution in [1.82, 2.24) is 4.98 Å². The summed E-state index contributed by atoms with van der Waals surface area (Å²) in [6.45, 7) is 14.4. The molecule has 2 fully saturated rings. The molecule has 8 unspecified atom stereocenters. The third-order valence-electron chi connectivity index (χ3n) is 12.0. The fourth-order valence-electron chi connectivity index (χ4n) is 8.54. The van der Waals surface area contributed by atoms with Gasteiger partial charge in [0.15, 0.2) is 11.7 Å². The van der Waals surface area contributed by atoms with Gasteiger partial charge in [0.25, 0.3) is 0 Å². The Morgan fingerprint density at radius 1 is 0.985 bits per heavy atom. The van der Waals surface area contributed by atoms with Gasteiger partial charge in [-0.3, -0.25) is 9.79 Å². The Kier molecular flexibility index (Phi) is 31.8. The van der Waals surface area contributed by atoms with E-state index in [2.05, 4.69) is 63.8 Å². The zero-order valence-corrected chi connectivity index (χ0v) is 42.7. The molecule has 2 saturated heterocycles. The van der Waals surface area contributed by atoms with E-state index in [1.807, 2.05) is 31.4 Å². The van der Waals surface area contributed by atoms with Crippen molar-refractivity contribution in [3.05, 3.63) is 108 Å². The minimum atomic E-state index is -0.495. The third kappa shape index (κ3) is 27.0. The van der Waals surface area contributed by atoms with Gasteiger partial charge >= 0.3 is 0 Å². The maximum absolute atomic E-state index is 11.1. The molecule has 8 atom stereocenters. The van der Waals surface area contributed by atoms with Crippen molar-refractivity contribution in [2.24, 2.45) is 10.9 Å². The molecule has 3 rings (SSSR count). The van der Waals surface area contributed by atoms with Gasteiger partial charge in [0.2, 0.25) is 0 Å². The number of allylic oxidation sites excluding steroid dienone is 8. The number of carbonyl (C=O) groups is 1. The standard InChI is InChI=1S/C55H84N2O8.CH4O/c1-10-11-24-48(61-8)29-27-41(2)28-30-50-36-51(62-9)37-52(64-50)38-55-57-46(39-63-55)33-44(5)32-42(3)21-16-13-12-14-19-31-56-53(40-60-7)54-26-20-25-49(65-54)35-47(59)34-43(4)22-17-15-18-23-45(6)58;1-2/h10-11,14,18-19,23,27-29,31,33,39-40,42,47-52,54,59H,4,12-13,15-17,20-22,24-26,30,32,34-38H2,1-3,5-9H3;2H,1H3/b11-10+,19-14+,23-18-,29-27+,41-28+,44-33+,53-40-,56-31+;. The first-order valence-corrected chi connectivity index (χ1v) is 24.7. The molecule has 1 aromatic heterocycles. The molecule has 0 radical (unpaired) electrons. The van der Waals surface area contributed by atoms with E-state index in [0.29, 0.717) is 31.1 Å². The number of unbranched alkanes of at least 4 members (excludes halogenated alkanes) is 3. The van der Waals surface area contributed by atoms with Gasteiger partial charge < -0.3 is 38.3 Å². The number of aliphatic hydroxyl groups excluding tert-OH is 2. The molecule has 2 aliphatic rings. The van der Waals surface area contributed by atoms with Gasteiger partial charge in [0, 0.05) is 40.4 Å². The summed E-state index contributed by atoms with van der Waals surface area (Å²) in [7, 11) is 6.17. The summed E-state index contributed by atoms with van der Waals surface area (Å²) in [5.41, 5.74) is 5.15. The van der Waals surface area contributed by atoms with E-state index >= 15 is 0 Å². The van der Waals surface area contributed by atoms with Crippen LogP contribution in [0.1, 0.15) is 155 Å². The zero-order valence-electron chi connectivity index (χ0n) is 42.7. The summed E-state index contributed by atoms with van der Waals surface area (Å²) in [5, 5.41) is 17.8. The molecule has 376 valence electrons. The number of ketones is 1. The predicted octanol–water partition coefficient (Wildman–Crippen LogP) is 12.3. The van der Waals surface area contributed by atoms with Crippen LogP contribution >= 0.6 is 0 Å². The van der Waals surface area contributed by atoms with Crippen LogP contribution in [0.5, 0.6) is 0 Å². The molecule has 2 N–H and O–H groups in total. The number of carbonyl (C=O) groups excluding carboxylic acids is 1. The first kappa shape index (κ1) is 59.2. The van der Waals surface area contributed by atoms with E-state index in [-0.39, 0.29) is 42.4 Å². The Morgan fingerprint density at radius 2 is 1.76 bits per heavy atom. The number of hydrogen-bond acceptors (Lipinski definition) is 11. The van der Waals surface area contributed by atoms with Crippen molar-refractivity contribution < 1.29 is 43.1 Å². The fraction of sp³-hybridized carbons (Fsp3) is 0.625. The van der Waals surface area contributed by atoms with E-state index in [0.717, 1.165) is 120 Å². The molecule has 3 heterocycles. The molecular weight excluding hydrogens is 845 g/mol. The predicted molar refractivity (Wildman–Crippen MR) is 274 cm³/mol. The molecule has 2 aliphatic heterocycles. The number of rotatable bonds is 31. The summed E-state index contributed by atoms with van der Waals surface area (Å²) < 4.78 is 35.6. The maximum Gasteiger partial charge on any atom is 0.197 e. The molecule has 0 amide bonds. The molecule has 11 heteroatoms. The lowest BCUT2D eigenvalue weighted by atomic mass is 9.95. The van der Waals surface area contributed by atoms with Crippen molar-refractivity contribution in [1.29, 1.82) is 0 Å². The maximum atomic E-state index is 11.1. The Balaban J connectivity index is 0.00000760. The number of aliphatic imine (C=N–C) groups is 1. The zero-order chi connectivity index (χ0) is 49.2. The normalized spacial score (nSPS) is 22.5. The first-order valence-electron chi connectivity index (χ1n) is 24.7. The Labute approximate surface area is 404 Å². The van der Waals surface area contributed by atoms with Gasteiger partial charge in [-0.25, -0.2) is 4.98 Å². The topological polar surface area (TPSA) is 142 Å². The molecule has 0 saturated carbocycles. The van der Waals surface area contributed by atoms with Crippen LogP contribution in [0.4, 0.5) is 0 Å². The van der Waals surface area contributed by atoms with Crippen LogP contribution < -0.4 is 0 Å². The SMILES string of the molecule is C=C(CCC/C=C\C(C)=O)CC(O)CC1CCCC(C(=C/OC)/N=C/C=C/CCCCC(C)C/C(C)=C/c2coc(CC3CC(OC)CC(C/C=C(C)/C=C/C(C/C=C/C)OC)O3)n2)O1.CO. The Hall–Kier alpha value is -3.97. The summed E-state index contributed by atoms with van der Waals surface area (Å²) in [6.07, 6.45) is 41.3. The van der Waals surface area contributed by atoms with Crippen molar-refractivity contribution in [2.45, 2.75) is 193 Å². The van der Waals surface area contributed by atoms with Crippen LogP contribution in [-0.4, -0.2) is 98.4 Å². The third-order valence-corrected chi connectivity index (χ3v) is 12.0. The van der Waals surface area contributed by atoms with Crippen LogP contribution in [0.15, 0.2) is 106 Å². The van der Waals surface area contributed by atoms with Gasteiger partial charge in [-0.15, -0.1) is 0 Å². The quantitative estimate of drug-likeness (QED) is 0.0184. The summed E-state index contributed by atoms with van der Waals surface area (Å²) in [6, 6.07) is 0. The highest BCUT2D eigenvalue weighted by Gasteiger charge is 2.30. The summed E-state index contributed by atoms with van der Waals surface area (Å²) in [5.74, 6) is 1.34. The lowest BCUT2D eigenvalue weighted by Gasteiger charge is -2.34. The lowest BCUT2D eigenvalue weighted by Crippen LogP contribution is -2.37. The highest BCUT2D eigenvalue weighted by Crippen LogP contribution is 2.30. The number of nitrogens with zero attached hydrogens (tertiary/aromatic N) is 2. The summed E-state index contributed by atoms with van der Waals surface area (Å²) >= 11 is 0. The number of methoxy groups -OCH3 is 3. The van der Waals surface area contributed by atoms with Crippen molar-refractivity contribution >= 4 is 18.1 Å². The molecule has 0 aromatic carbocycles. The average molecular weight is 933 g/mol. The first-order chi connectivity index (χ1) is 32.4. The monoisotopic (exact) mass is 933 g/mol. The second-order valence-corrected chi connectivity index (χ2v) is 18.2. The van der Waals surface area contributed by atoms with E-state index in [9.17, 15) is 9.90 Å². The van der Waals surface area contributed by atoms with Crippen LogP contribution in [0.2, 0.25) is 0 Å². The largest absolute Gasteiger partial charge is 0.502 e. The van der Waals surface area contributed by atoms with Gasteiger partial charge in [0.1, 0.15) is 30.0 Å². The number of aliphatic hydroxyl groups is 2. The fourth-order valence-corrected chi connectivity index (χ4v) is 8.54. The lowest BCUT2D eigenvalue weighted by molar-refractivity contribution is -0.112. The second-order valence-electron chi connectivity index (χ2n) is 18.2. The number of aromatic nitrogens is 1. The molecule has 0 bridgehead atoms. The minimum absolute atomic E-state index is 0.00946. The van der Waals surface area contributed by atoms with E-state index in [1.165, 1.54) is 11.1 Å².